The predicted octanol–water partition coefficient (Wildman–Crippen LogP) is 3.81. The number of hydrogen-bond donors (Lipinski definition) is 1. The van der Waals surface area contributed by atoms with Crippen molar-refractivity contribution in [3.05, 3.63) is 0 Å². The van der Waals surface area contributed by atoms with Gasteiger partial charge in [-0.25, -0.2) is 0 Å². The van der Waals surface area contributed by atoms with E-state index in [1.807, 2.05) is 0 Å². The third-order valence-corrected chi connectivity index (χ3v) is 6.46. The van der Waals surface area contributed by atoms with Crippen molar-refractivity contribution in [3.63, 3.8) is 0 Å². The first-order valence-corrected chi connectivity index (χ1v) is 9.13. The first kappa shape index (κ1) is 14.8. The van der Waals surface area contributed by atoms with Crippen LogP contribution in [0.5, 0.6) is 0 Å². The van der Waals surface area contributed by atoms with Crippen LogP contribution in [0.15, 0.2) is 0 Å². The third-order valence-electron chi connectivity index (χ3n) is 6.46. The van der Waals surface area contributed by atoms with Gasteiger partial charge in [0.1, 0.15) is 0 Å². The van der Waals surface area contributed by atoms with Crippen molar-refractivity contribution in [2.75, 3.05) is 13.1 Å². The zero-order chi connectivity index (χ0) is 14.2. The smallest absolute Gasteiger partial charge is 0.0224 e. The number of nitrogens with zero attached hydrogens (tertiary/aromatic N) is 1. The SMILES string of the molecule is CCC1CNC(C2CCCCC2)CN1C(C)(C)C1CC1. The molecule has 1 aliphatic heterocycles. The van der Waals surface area contributed by atoms with E-state index in [0.717, 1.165) is 23.9 Å². The standard InChI is InChI=1S/C18H34N2/c1-4-16-12-19-17(14-8-6-5-7-9-14)13-20(16)18(2,3)15-10-11-15/h14-17,19H,4-13H2,1-3H3. The molecule has 2 heteroatoms. The van der Waals surface area contributed by atoms with Crippen LogP contribution in [0.1, 0.15) is 72.1 Å². The molecule has 2 unspecified atom stereocenters. The van der Waals surface area contributed by atoms with Crippen LogP contribution in [-0.2, 0) is 0 Å². The van der Waals surface area contributed by atoms with Crippen molar-refractivity contribution in [3.8, 4) is 0 Å². The molecule has 2 atom stereocenters. The Hall–Kier alpha value is -0.0800. The lowest BCUT2D eigenvalue weighted by molar-refractivity contribution is 0.00153. The van der Waals surface area contributed by atoms with Gasteiger partial charge in [-0.05, 0) is 57.8 Å². The van der Waals surface area contributed by atoms with Crippen LogP contribution in [0.4, 0.5) is 0 Å². The van der Waals surface area contributed by atoms with Crippen molar-refractivity contribution in [2.24, 2.45) is 11.8 Å². The first-order chi connectivity index (χ1) is 9.63. The van der Waals surface area contributed by atoms with E-state index >= 15 is 0 Å². The number of rotatable bonds is 4. The molecule has 116 valence electrons. The van der Waals surface area contributed by atoms with Crippen LogP contribution in [0.2, 0.25) is 0 Å². The Labute approximate surface area is 125 Å². The molecule has 20 heavy (non-hydrogen) atoms. The van der Waals surface area contributed by atoms with Crippen LogP contribution in [-0.4, -0.2) is 35.6 Å². The summed E-state index contributed by atoms with van der Waals surface area (Å²) in [4.78, 5) is 2.89. The molecule has 1 heterocycles. The summed E-state index contributed by atoms with van der Waals surface area (Å²) in [5, 5.41) is 3.91. The average Bonchev–Trinajstić information content (AvgIpc) is 3.32. The maximum Gasteiger partial charge on any atom is 0.0224 e. The Morgan fingerprint density at radius 3 is 2.35 bits per heavy atom. The van der Waals surface area contributed by atoms with Gasteiger partial charge >= 0.3 is 0 Å². The lowest BCUT2D eigenvalue weighted by Crippen LogP contribution is -2.64. The molecule has 2 aliphatic carbocycles. The highest BCUT2D eigenvalue weighted by atomic mass is 15.3. The average molecular weight is 278 g/mol. The monoisotopic (exact) mass is 278 g/mol. The highest BCUT2D eigenvalue weighted by Gasteiger charge is 2.46. The second-order valence-corrected chi connectivity index (χ2v) is 8.06. The molecule has 0 radical (unpaired) electrons. The Balaban J connectivity index is 1.68. The van der Waals surface area contributed by atoms with Crippen molar-refractivity contribution < 1.29 is 0 Å². The zero-order valence-electron chi connectivity index (χ0n) is 13.8. The summed E-state index contributed by atoms with van der Waals surface area (Å²) in [6, 6.07) is 1.52. The summed E-state index contributed by atoms with van der Waals surface area (Å²) in [6.45, 7) is 9.90. The van der Waals surface area contributed by atoms with Crippen LogP contribution >= 0.6 is 0 Å². The van der Waals surface area contributed by atoms with Crippen molar-refractivity contribution in [2.45, 2.75) is 89.8 Å². The van der Waals surface area contributed by atoms with Gasteiger partial charge in [0.25, 0.3) is 0 Å². The van der Waals surface area contributed by atoms with E-state index in [4.69, 9.17) is 0 Å². The van der Waals surface area contributed by atoms with Crippen LogP contribution in [0.25, 0.3) is 0 Å². The van der Waals surface area contributed by atoms with Gasteiger partial charge in [-0.1, -0.05) is 26.2 Å². The van der Waals surface area contributed by atoms with Crippen LogP contribution in [0.3, 0.4) is 0 Å². The molecule has 0 aromatic carbocycles. The lowest BCUT2D eigenvalue weighted by Gasteiger charge is -2.51. The summed E-state index contributed by atoms with van der Waals surface area (Å²) in [6.07, 6.45) is 11.5. The van der Waals surface area contributed by atoms with E-state index < -0.39 is 0 Å². The summed E-state index contributed by atoms with van der Waals surface area (Å²) in [5.74, 6) is 1.90. The molecule has 0 amide bonds. The molecule has 0 spiro atoms. The quantitative estimate of drug-likeness (QED) is 0.841. The van der Waals surface area contributed by atoms with Crippen molar-refractivity contribution in [1.29, 1.82) is 0 Å². The summed E-state index contributed by atoms with van der Waals surface area (Å²) < 4.78 is 0. The molecule has 0 bridgehead atoms. The van der Waals surface area contributed by atoms with E-state index in [1.54, 1.807) is 0 Å². The Bertz CT molecular complexity index is 315. The molecular weight excluding hydrogens is 244 g/mol. The molecule has 0 aromatic heterocycles. The lowest BCUT2D eigenvalue weighted by atomic mass is 9.81. The second-order valence-electron chi connectivity index (χ2n) is 8.06. The van der Waals surface area contributed by atoms with Crippen molar-refractivity contribution in [1.82, 2.24) is 10.2 Å². The van der Waals surface area contributed by atoms with Crippen LogP contribution < -0.4 is 5.32 Å². The molecule has 1 saturated heterocycles. The molecule has 3 rings (SSSR count). The summed E-state index contributed by atoms with van der Waals surface area (Å²) in [5.41, 5.74) is 0.426. The van der Waals surface area contributed by atoms with Gasteiger partial charge < -0.3 is 5.32 Å². The fraction of sp³-hybridized carbons (Fsp3) is 1.00. The minimum absolute atomic E-state index is 0.426. The molecule has 2 nitrogen and oxygen atoms in total. The molecule has 2 saturated carbocycles. The second kappa shape index (κ2) is 5.96. The maximum atomic E-state index is 3.91. The van der Waals surface area contributed by atoms with Gasteiger partial charge in [0.15, 0.2) is 0 Å². The Morgan fingerprint density at radius 1 is 1.05 bits per heavy atom. The number of piperazine rings is 1. The van der Waals surface area contributed by atoms with Gasteiger partial charge in [0.05, 0.1) is 0 Å². The highest BCUT2D eigenvalue weighted by Crippen LogP contribution is 2.44. The minimum atomic E-state index is 0.426. The molecule has 0 aromatic rings. The Kier molecular flexibility index (Phi) is 4.42. The summed E-state index contributed by atoms with van der Waals surface area (Å²) >= 11 is 0. The topological polar surface area (TPSA) is 15.3 Å². The van der Waals surface area contributed by atoms with Gasteiger partial charge in [-0.3, -0.25) is 4.90 Å². The predicted molar refractivity (Wildman–Crippen MR) is 86.0 cm³/mol. The van der Waals surface area contributed by atoms with E-state index in [0.29, 0.717) is 5.54 Å². The zero-order valence-corrected chi connectivity index (χ0v) is 13.8. The maximum absolute atomic E-state index is 3.91. The number of nitrogens with one attached hydrogen (secondary N) is 1. The third kappa shape index (κ3) is 2.92. The largest absolute Gasteiger partial charge is 0.311 e. The van der Waals surface area contributed by atoms with E-state index in [2.05, 4.69) is 31.0 Å². The summed E-state index contributed by atoms with van der Waals surface area (Å²) in [7, 11) is 0. The van der Waals surface area contributed by atoms with Crippen molar-refractivity contribution >= 4 is 0 Å². The van der Waals surface area contributed by atoms with Gasteiger partial charge in [-0.2, -0.15) is 0 Å². The van der Waals surface area contributed by atoms with Gasteiger partial charge in [0.2, 0.25) is 0 Å². The molecule has 3 fully saturated rings. The molecule has 1 N–H and O–H groups in total. The minimum Gasteiger partial charge on any atom is -0.311 e. The number of hydrogen-bond acceptors (Lipinski definition) is 2. The van der Waals surface area contributed by atoms with E-state index in [-0.39, 0.29) is 0 Å². The van der Waals surface area contributed by atoms with E-state index in [1.165, 1.54) is 64.5 Å². The molecular formula is C18H34N2. The Morgan fingerprint density at radius 2 is 1.75 bits per heavy atom. The first-order valence-electron chi connectivity index (χ1n) is 9.13. The van der Waals surface area contributed by atoms with Gasteiger partial charge in [0, 0.05) is 30.7 Å². The van der Waals surface area contributed by atoms with Gasteiger partial charge in [-0.15, -0.1) is 0 Å². The highest BCUT2D eigenvalue weighted by molar-refractivity contribution is 5.02. The van der Waals surface area contributed by atoms with Crippen LogP contribution in [0, 0.1) is 11.8 Å². The fourth-order valence-electron chi connectivity index (χ4n) is 4.77. The molecule has 3 aliphatic rings. The fourth-order valence-corrected chi connectivity index (χ4v) is 4.77. The van der Waals surface area contributed by atoms with E-state index in [9.17, 15) is 0 Å². The normalized spacial score (nSPS) is 34.4.